The van der Waals surface area contributed by atoms with E-state index in [2.05, 4.69) is 0 Å². The first-order valence-electron chi connectivity index (χ1n) is 5.86. The van der Waals surface area contributed by atoms with Crippen LogP contribution < -0.4 is 0 Å². The van der Waals surface area contributed by atoms with E-state index < -0.39 is 26.7 Å². The van der Waals surface area contributed by atoms with Crippen molar-refractivity contribution < 1.29 is 22.3 Å². The summed E-state index contributed by atoms with van der Waals surface area (Å²) in [6.45, 7) is 1.77. The van der Waals surface area contributed by atoms with Gasteiger partial charge < -0.3 is 4.74 Å². The molecule has 0 amide bonds. The fourth-order valence-electron chi connectivity index (χ4n) is 1.45. The molecule has 5 nitrogen and oxygen atoms in total. The second-order valence-corrected chi connectivity index (χ2v) is 6.35. The molecule has 1 rings (SSSR count). The number of esters is 1. The lowest BCUT2D eigenvalue weighted by molar-refractivity contribution is -0.143. The summed E-state index contributed by atoms with van der Waals surface area (Å²) in [5.74, 6) is -1.52. The van der Waals surface area contributed by atoms with E-state index in [1.54, 1.807) is 6.92 Å². The molecule has 0 saturated heterocycles. The molecule has 0 atom stereocenters. The van der Waals surface area contributed by atoms with Gasteiger partial charge in [-0.3, -0.25) is 4.79 Å². The van der Waals surface area contributed by atoms with Crippen molar-refractivity contribution in [1.82, 2.24) is 4.31 Å². The summed E-state index contributed by atoms with van der Waals surface area (Å²) < 4.78 is 43.6. The Hall–Kier alpha value is -1.18. The van der Waals surface area contributed by atoms with Gasteiger partial charge in [-0.1, -0.05) is 17.7 Å². The maximum absolute atomic E-state index is 13.7. The number of rotatable bonds is 6. The Morgan fingerprint density at radius 3 is 2.70 bits per heavy atom. The van der Waals surface area contributed by atoms with Gasteiger partial charge in [-0.2, -0.15) is 0 Å². The summed E-state index contributed by atoms with van der Waals surface area (Å²) in [7, 11) is -2.78. The van der Waals surface area contributed by atoms with Crippen molar-refractivity contribution in [2.45, 2.75) is 18.2 Å². The minimum atomic E-state index is -4.04. The van der Waals surface area contributed by atoms with E-state index in [1.807, 2.05) is 0 Å². The van der Waals surface area contributed by atoms with Gasteiger partial charge in [-0.15, -0.1) is 0 Å². The molecule has 1 aromatic rings. The maximum atomic E-state index is 13.7. The topological polar surface area (TPSA) is 63.7 Å². The third-order valence-electron chi connectivity index (χ3n) is 2.54. The number of carbonyl (C=O) groups excluding carboxylic acids is 1. The van der Waals surface area contributed by atoms with Crippen LogP contribution in [0.2, 0.25) is 5.02 Å². The van der Waals surface area contributed by atoms with Crippen LogP contribution in [0.1, 0.15) is 13.3 Å². The highest BCUT2D eigenvalue weighted by Gasteiger charge is 2.26. The smallest absolute Gasteiger partial charge is 0.307 e. The fourth-order valence-corrected chi connectivity index (χ4v) is 2.94. The molecule has 0 saturated carbocycles. The maximum Gasteiger partial charge on any atom is 0.307 e. The number of halogens is 2. The average molecular weight is 324 g/mol. The second kappa shape index (κ2) is 7.01. The van der Waals surface area contributed by atoms with Gasteiger partial charge in [0.25, 0.3) is 0 Å². The monoisotopic (exact) mass is 323 g/mol. The highest BCUT2D eigenvalue weighted by atomic mass is 35.5. The molecule has 0 radical (unpaired) electrons. The number of hydrogen-bond donors (Lipinski definition) is 0. The zero-order valence-electron chi connectivity index (χ0n) is 11.1. The van der Waals surface area contributed by atoms with Crippen molar-refractivity contribution in [2.75, 3.05) is 20.2 Å². The number of ether oxygens (including phenoxy) is 1. The largest absolute Gasteiger partial charge is 0.466 e. The van der Waals surface area contributed by atoms with E-state index in [4.69, 9.17) is 16.3 Å². The van der Waals surface area contributed by atoms with Gasteiger partial charge in [0.2, 0.25) is 10.0 Å². The zero-order chi connectivity index (χ0) is 15.3. The Kier molecular flexibility index (Phi) is 5.91. The molecule has 0 aliphatic heterocycles. The summed E-state index contributed by atoms with van der Waals surface area (Å²) in [6.07, 6.45) is -0.105. The Morgan fingerprint density at radius 1 is 1.45 bits per heavy atom. The predicted molar refractivity (Wildman–Crippen MR) is 72.5 cm³/mol. The summed E-state index contributed by atoms with van der Waals surface area (Å²) >= 11 is 5.56. The first-order chi connectivity index (χ1) is 9.30. The van der Waals surface area contributed by atoms with Gasteiger partial charge in [-0.25, -0.2) is 17.1 Å². The molecule has 0 bridgehead atoms. The zero-order valence-corrected chi connectivity index (χ0v) is 12.7. The summed E-state index contributed by atoms with van der Waals surface area (Å²) in [5, 5.41) is -0.273. The second-order valence-electron chi connectivity index (χ2n) is 3.93. The molecular weight excluding hydrogens is 309 g/mol. The highest BCUT2D eigenvalue weighted by Crippen LogP contribution is 2.24. The van der Waals surface area contributed by atoms with E-state index >= 15 is 0 Å². The van der Waals surface area contributed by atoms with Crippen molar-refractivity contribution in [3.8, 4) is 0 Å². The summed E-state index contributed by atoms with van der Waals surface area (Å²) in [5.41, 5.74) is 0. The van der Waals surface area contributed by atoms with Crippen LogP contribution in [0.5, 0.6) is 0 Å². The average Bonchev–Trinajstić information content (AvgIpc) is 2.39. The van der Waals surface area contributed by atoms with Crippen molar-refractivity contribution >= 4 is 27.6 Å². The molecule has 0 heterocycles. The van der Waals surface area contributed by atoms with Gasteiger partial charge in [0.05, 0.1) is 18.1 Å². The molecular formula is C12H15ClFNO4S. The van der Waals surface area contributed by atoms with Crippen LogP contribution in [0, 0.1) is 5.82 Å². The predicted octanol–water partition coefficient (Wildman–Crippen LogP) is 2.05. The van der Waals surface area contributed by atoms with E-state index in [-0.39, 0.29) is 24.6 Å². The molecule has 0 spiro atoms. The Bertz CT molecular complexity index is 591. The van der Waals surface area contributed by atoms with E-state index in [0.717, 1.165) is 10.4 Å². The summed E-state index contributed by atoms with van der Waals surface area (Å²) in [4.78, 5) is 10.7. The lowest BCUT2D eigenvalue weighted by Gasteiger charge is -2.17. The van der Waals surface area contributed by atoms with Crippen molar-refractivity contribution in [3.05, 3.63) is 29.0 Å². The molecule has 0 aliphatic carbocycles. The molecule has 20 heavy (non-hydrogen) atoms. The molecule has 0 unspecified atom stereocenters. The number of carbonyl (C=O) groups is 1. The molecule has 0 fully saturated rings. The lowest BCUT2D eigenvalue weighted by atomic mass is 10.3. The van der Waals surface area contributed by atoms with Crippen LogP contribution in [0.3, 0.4) is 0 Å². The van der Waals surface area contributed by atoms with E-state index in [0.29, 0.717) is 0 Å². The quantitative estimate of drug-likeness (QED) is 0.752. The van der Waals surface area contributed by atoms with Gasteiger partial charge >= 0.3 is 5.97 Å². The fraction of sp³-hybridized carbons (Fsp3) is 0.417. The Balaban J connectivity index is 2.88. The number of sulfonamides is 1. The van der Waals surface area contributed by atoms with Crippen LogP contribution in [0.4, 0.5) is 4.39 Å². The summed E-state index contributed by atoms with van der Waals surface area (Å²) in [6, 6.07) is 3.73. The van der Waals surface area contributed by atoms with Gasteiger partial charge in [0.15, 0.2) is 5.82 Å². The van der Waals surface area contributed by atoms with Crippen LogP contribution in [0.25, 0.3) is 0 Å². The Labute approximate surface area is 122 Å². The molecule has 1 aromatic carbocycles. The van der Waals surface area contributed by atoms with E-state index in [9.17, 15) is 17.6 Å². The standard InChI is InChI=1S/C12H15ClFNO4S/c1-3-19-11(16)7-8-15(2)20(17,18)10-6-4-5-9(13)12(10)14/h4-6H,3,7-8H2,1-2H3. The minimum Gasteiger partial charge on any atom is -0.466 e. The van der Waals surface area contributed by atoms with Crippen LogP contribution >= 0.6 is 11.6 Å². The molecule has 8 heteroatoms. The normalized spacial score (nSPS) is 11.7. The number of hydrogen-bond acceptors (Lipinski definition) is 4. The SMILES string of the molecule is CCOC(=O)CCN(C)S(=O)(=O)c1cccc(Cl)c1F. The van der Waals surface area contributed by atoms with Crippen LogP contribution in [-0.4, -0.2) is 38.9 Å². The van der Waals surface area contributed by atoms with Gasteiger partial charge in [0, 0.05) is 13.6 Å². The first kappa shape index (κ1) is 16.9. The van der Waals surface area contributed by atoms with Crippen molar-refractivity contribution in [1.29, 1.82) is 0 Å². The number of nitrogens with zero attached hydrogens (tertiary/aromatic N) is 1. The highest BCUT2D eigenvalue weighted by molar-refractivity contribution is 7.89. The third-order valence-corrected chi connectivity index (χ3v) is 4.71. The first-order valence-corrected chi connectivity index (χ1v) is 7.68. The van der Waals surface area contributed by atoms with Crippen molar-refractivity contribution in [2.24, 2.45) is 0 Å². The third kappa shape index (κ3) is 3.91. The Morgan fingerprint density at radius 2 is 2.10 bits per heavy atom. The molecule has 0 N–H and O–H groups in total. The lowest BCUT2D eigenvalue weighted by Crippen LogP contribution is -2.30. The molecule has 0 aliphatic rings. The minimum absolute atomic E-state index is 0.104. The number of benzene rings is 1. The molecule has 112 valence electrons. The van der Waals surface area contributed by atoms with E-state index in [1.165, 1.54) is 19.2 Å². The van der Waals surface area contributed by atoms with Gasteiger partial charge in [0.1, 0.15) is 4.90 Å². The molecule has 0 aromatic heterocycles. The van der Waals surface area contributed by atoms with Crippen LogP contribution in [-0.2, 0) is 19.6 Å². The van der Waals surface area contributed by atoms with Crippen molar-refractivity contribution in [3.63, 3.8) is 0 Å². The van der Waals surface area contributed by atoms with Crippen LogP contribution in [0.15, 0.2) is 23.1 Å². The van der Waals surface area contributed by atoms with Gasteiger partial charge in [-0.05, 0) is 19.1 Å².